The Bertz CT molecular complexity index is 528. The van der Waals surface area contributed by atoms with Crippen LogP contribution < -0.4 is 10.6 Å². The molecule has 3 N–H and O–H groups in total. The van der Waals surface area contributed by atoms with Crippen molar-refractivity contribution in [1.82, 2.24) is 5.32 Å². The summed E-state index contributed by atoms with van der Waals surface area (Å²) in [5.74, 6) is -0.689. The first-order valence-corrected chi connectivity index (χ1v) is 7.47. The molecule has 0 unspecified atom stereocenters. The number of rotatable bonds is 5. The number of carbonyl (C=O) groups excluding carboxylic acids is 1. The average Bonchev–Trinajstić information content (AvgIpc) is 2.48. The monoisotopic (exact) mass is 310 g/mol. The van der Waals surface area contributed by atoms with Gasteiger partial charge in [0, 0.05) is 11.4 Å². The molecule has 1 aromatic rings. The van der Waals surface area contributed by atoms with Crippen LogP contribution in [0.25, 0.3) is 0 Å². The van der Waals surface area contributed by atoms with Gasteiger partial charge in [-0.15, -0.1) is 0 Å². The SMILES string of the molecule is O=C(CCC1CCNCC1)Nc1ccc(Cl)cc1C(=O)O. The molecular weight excluding hydrogens is 292 g/mol. The molecule has 6 heteroatoms. The van der Waals surface area contributed by atoms with Crippen LogP contribution in [-0.4, -0.2) is 30.1 Å². The number of amides is 1. The zero-order chi connectivity index (χ0) is 15.2. The van der Waals surface area contributed by atoms with Crippen LogP contribution in [0, 0.1) is 5.92 Å². The minimum atomic E-state index is -1.11. The smallest absolute Gasteiger partial charge is 0.337 e. The van der Waals surface area contributed by atoms with Gasteiger partial charge in [0.05, 0.1) is 11.3 Å². The van der Waals surface area contributed by atoms with E-state index in [2.05, 4.69) is 10.6 Å². The highest BCUT2D eigenvalue weighted by Crippen LogP contribution is 2.22. The lowest BCUT2D eigenvalue weighted by molar-refractivity contribution is -0.116. The molecule has 5 nitrogen and oxygen atoms in total. The van der Waals surface area contributed by atoms with Gasteiger partial charge in [0.15, 0.2) is 0 Å². The van der Waals surface area contributed by atoms with E-state index in [1.165, 1.54) is 12.1 Å². The highest BCUT2D eigenvalue weighted by molar-refractivity contribution is 6.31. The fourth-order valence-corrected chi connectivity index (χ4v) is 2.69. The van der Waals surface area contributed by atoms with Gasteiger partial charge >= 0.3 is 5.97 Å². The van der Waals surface area contributed by atoms with Crippen LogP contribution in [0.4, 0.5) is 5.69 Å². The van der Waals surface area contributed by atoms with E-state index < -0.39 is 5.97 Å². The van der Waals surface area contributed by atoms with Crippen LogP contribution in [0.3, 0.4) is 0 Å². The molecular formula is C15H19ClN2O3. The maximum absolute atomic E-state index is 12.0. The molecule has 1 aliphatic heterocycles. The van der Waals surface area contributed by atoms with Gasteiger partial charge in [-0.3, -0.25) is 4.79 Å². The Kier molecular flexibility index (Phi) is 5.59. The zero-order valence-corrected chi connectivity index (χ0v) is 12.4. The van der Waals surface area contributed by atoms with Crippen molar-refractivity contribution in [2.24, 2.45) is 5.92 Å². The lowest BCUT2D eigenvalue weighted by Crippen LogP contribution is -2.28. The summed E-state index contributed by atoms with van der Waals surface area (Å²) in [5, 5.41) is 15.4. The van der Waals surface area contributed by atoms with Gasteiger partial charge in [0.2, 0.25) is 5.91 Å². The largest absolute Gasteiger partial charge is 0.478 e. The van der Waals surface area contributed by atoms with Crippen molar-refractivity contribution in [3.63, 3.8) is 0 Å². The molecule has 2 rings (SSSR count). The zero-order valence-electron chi connectivity index (χ0n) is 11.7. The number of carbonyl (C=O) groups is 2. The molecule has 21 heavy (non-hydrogen) atoms. The van der Waals surface area contributed by atoms with Crippen molar-refractivity contribution < 1.29 is 14.7 Å². The molecule has 1 amide bonds. The van der Waals surface area contributed by atoms with Gasteiger partial charge in [0.25, 0.3) is 0 Å². The van der Waals surface area contributed by atoms with Gasteiger partial charge in [-0.2, -0.15) is 0 Å². The lowest BCUT2D eigenvalue weighted by Gasteiger charge is -2.22. The molecule has 1 aromatic carbocycles. The van der Waals surface area contributed by atoms with Crippen molar-refractivity contribution in [3.05, 3.63) is 28.8 Å². The van der Waals surface area contributed by atoms with E-state index in [-0.39, 0.29) is 11.5 Å². The number of carboxylic acids is 1. The van der Waals surface area contributed by atoms with Crippen molar-refractivity contribution in [3.8, 4) is 0 Å². The number of benzene rings is 1. The number of hydrogen-bond donors (Lipinski definition) is 3. The number of aromatic carboxylic acids is 1. The quantitative estimate of drug-likeness (QED) is 0.781. The number of carboxylic acid groups (broad SMARTS) is 1. The molecule has 0 atom stereocenters. The lowest BCUT2D eigenvalue weighted by atomic mass is 9.93. The van der Waals surface area contributed by atoms with Crippen molar-refractivity contribution in [2.45, 2.75) is 25.7 Å². The van der Waals surface area contributed by atoms with Crippen molar-refractivity contribution in [2.75, 3.05) is 18.4 Å². The normalized spacial score (nSPS) is 15.7. The molecule has 1 heterocycles. The van der Waals surface area contributed by atoms with Crippen LogP contribution in [0.1, 0.15) is 36.0 Å². The first-order valence-electron chi connectivity index (χ1n) is 7.09. The average molecular weight is 311 g/mol. The molecule has 0 saturated carbocycles. The van der Waals surface area contributed by atoms with E-state index in [0.717, 1.165) is 32.4 Å². The van der Waals surface area contributed by atoms with Crippen molar-refractivity contribution >= 4 is 29.2 Å². The van der Waals surface area contributed by atoms with Gasteiger partial charge in [-0.25, -0.2) is 4.79 Å². The third-order valence-electron chi connectivity index (χ3n) is 3.72. The summed E-state index contributed by atoms with van der Waals surface area (Å²) >= 11 is 5.78. The molecule has 0 radical (unpaired) electrons. The second-order valence-electron chi connectivity index (χ2n) is 5.28. The molecule has 1 saturated heterocycles. The summed E-state index contributed by atoms with van der Waals surface area (Å²) in [6, 6.07) is 4.43. The fraction of sp³-hybridized carbons (Fsp3) is 0.467. The molecule has 1 aliphatic rings. The summed E-state index contributed by atoms with van der Waals surface area (Å²) in [6.45, 7) is 2.01. The standard InChI is InChI=1S/C15H19ClN2O3/c16-11-2-3-13(12(9-11)15(20)21)18-14(19)4-1-10-5-7-17-8-6-10/h2-3,9-10,17H,1,4-8H2,(H,18,19)(H,20,21). The Morgan fingerprint density at radius 1 is 1.33 bits per heavy atom. The van der Waals surface area contributed by atoms with E-state index in [1.54, 1.807) is 6.07 Å². The van der Waals surface area contributed by atoms with Crippen LogP contribution in [0.2, 0.25) is 5.02 Å². The minimum Gasteiger partial charge on any atom is -0.478 e. The number of piperidine rings is 1. The Morgan fingerprint density at radius 2 is 2.05 bits per heavy atom. The van der Waals surface area contributed by atoms with E-state index in [1.807, 2.05) is 0 Å². The summed E-state index contributed by atoms with van der Waals surface area (Å²) < 4.78 is 0. The van der Waals surface area contributed by atoms with Crippen LogP contribution in [-0.2, 0) is 4.79 Å². The molecule has 114 valence electrons. The Balaban J connectivity index is 1.91. The molecule has 0 aromatic heterocycles. The van der Waals surface area contributed by atoms with Crippen LogP contribution in [0.5, 0.6) is 0 Å². The second kappa shape index (κ2) is 7.43. The van der Waals surface area contributed by atoms with E-state index in [9.17, 15) is 9.59 Å². The van der Waals surface area contributed by atoms with E-state index >= 15 is 0 Å². The summed E-state index contributed by atoms with van der Waals surface area (Å²) in [4.78, 5) is 23.1. The number of anilines is 1. The molecule has 0 spiro atoms. The second-order valence-corrected chi connectivity index (χ2v) is 5.71. The first-order chi connectivity index (χ1) is 10.1. The number of hydrogen-bond acceptors (Lipinski definition) is 3. The Hall–Kier alpha value is -1.59. The highest BCUT2D eigenvalue weighted by atomic mass is 35.5. The predicted molar refractivity (Wildman–Crippen MR) is 81.9 cm³/mol. The molecule has 0 bridgehead atoms. The topological polar surface area (TPSA) is 78.4 Å². The molecule has 1 fully saturated rings. The minimum absolute atomic E-state index is 0.0118. The number of halogens is 1. The first kappa shape index (κ1) is 15.8. The van der Waals surface area contributed by atoms with E-state index in [4.69, 9.17) is 16.7 Å². The Labute approximate surface area is 128 Å². The van der Waals surface area contributed by atoms with E-state index in [0.29, 0.717) is 23.0 Å². The van der Waals surface area contributed by atoms with Crippen LogP contribution >= 0.6 is 11.6 Å². The maximum Gasteiger partial charge on any atom is 0.337 e. The van der Waals surface area contributed by atoms with Gasteiger partial charge in [-0.1, -0.05) is 11.6 Å². The number of nitrogens with one attached hydrogen (secondary N) is 2. The summed E-state index contributed by atoms with van der Waals surface area (Å²) in [7, 11) is 0. The van der Waals surface area contributed by atoms with Gasteiger partial charge in [0.1, 0.15) is 0 Å². The van der Waals surface area contributed by atoms with Gasteiger partial charge < -0.3 is 15.7 Å². The van der Waals surface area contributed by atoms with Crippen molar-refractivity contribution in [1.29, 1.82) is 0 Å². The predicted octanol–water partition coefficient (Wildman–Crippen LogP) is 2.76. The van der Waals surface area contributed by atoms with Gasteiger partial charge in [-0.05, 0) is 56.5 Å². The fourth-order valence-electron chi connectivity index (χ4n) is 2.52. The third-order valence-corrected chi connectivity index (χ3v) is 3.96. The highest BCUT2D eigenvalue weighted by Gasteiger charge is 2.16. The maximum atomic E-state index is 12.0. The summed E-state index contributed by atoms with van der Waals surface area (Å²) in [6.07, 6.45) is 3.43. The van der Waals surface area contributed by atoms with Crippen LogP contribution in [0.15, 0.2) is 18.2 Å². The summed E-state index contributed by atoms with van der Waals surface area (Å²) in [5.41, 5.74) is 0.305. The molecule has 0 aliphatic carbocycles. The third kappa shape index (κ3) is 4.72. The Morgan fingerprint density at radius 3 is 2.71 bits per heavy atom.